The lowest BCUT2D eigenvalue weighted by molar-refractivity contribution is 0.0761. The third-order valence-electron chi connectivity index (χ3n) is 3.83. The number of para-hydroxylation sites is 1. The molecule has 0 fully saturated rings. The molecule has 0 bridgehead atoms. The van der Waals surface area contributed by atoms with Crippen molar-refractivity contribution in [2.24, 2.45) is 0 Å². The molecule has 3 aromatic rings. The fourth-order valence-electron chi connectivity index (χ4n) is 2.38. The molecule has 1 heterocycles. The van der Waals surface area contributed by atoms with Gasteiger partial charge >= 0.3 is 0 Å². The van der Waals surface area contributed by atoms with E-state index in [1.165, 1.54) is 0 Å². The Morgan fingerprint density at radius 1 is 1.20 bits per heavy atom. The molecule has 1 amide bonds. The van der Waals surface area contributed by atoms with Crippen molar-refractivity contribution < 1.29 is 9.53 Å². The van der Waals surface area contributed by atoms with E-state index in [1.54, 1.807) is 12.5 Å². The largest absolute Gasteiger partial charge is 0.489 e. The fraction of sp³-hybridized carbons (Fsp3) is 0.158. The van der Waals surface area contributed by atoms with Crippen molar-refractivity contribution in [3.8, 4) is 5.75 Å². The van der Waals surface area contributed by atoms with Crippen molar-refractivity contribution in [1.82, 2.24) is 14.9 Å². The smallest absolute Gasteiger partial charge is 0.253 e. The molecule has 0 saturated carbocycles. The molecule has 1 N–H and O–H groups in total. The van der Waals surface area contributed by atoms with Gasteiger partial charge in [-0.2, -0.15) is 0 Å². The molecule has 0 unspecified atom stereocenters. The van der Waals surface area contributed by atoms with Crippen LogP contribution < -0.4 is 10.1 Å². The van der Waals surface area contributed by atoms with Gasteiger partial charge < -0.3 is 14.6 Å². The van der Waals surface area contributed by atoms with Crippen LogP contribution in [0.4, 0.5) is 0 Å². The summed E-state index contributed by atoms with van der Waals surface area (Å²) in [4.78, 5) is 16.8. The number of aromatic nitrogens is 2. The van der Waals surface area contributed by atoms with E-state index in [9.17, 15) is 4.79 Å². The fourth-order valence-corrected chi connectivity index (χ4v) is 2.74. The summed E-state index contributed by atoms with van der Waals surface area (Å²) in [7, 11) is 0. The molecule has 2 aromatic carbocycles. The second kappa shape index (κ2) is 7.69. The maximum absolute atomic E-state index is 12.7. The topological polar surface area (TPSA) is 56.1 Å². The third-order valence-corrected chi connectivity index (χ3v) is 4.55. The number of hydrogen-bond acceptors (Lipinski definition) is 3. The summed E-state index contributed by atoms with van der Waals surface area (Å²) < 4.78 is 8.80. The highest BCUT2D eigenvalue weighted by atomic mass is 127. The van der Waals surface area contributed by atoms with E-state index in [0.29, 0.717) is 5.56 Å². The van der Waals surface area contributed by atoms with Crippen LogP contribution in [0.15, 0.2) is 73.3 Å². The maximum Gasteiger partial charge on any atom is 0.253 e. The zero-order valence-corrected chi connectivity index (χ0v) is 15.9. The number of rotatable bonds is 6. The average molecular weight is 447 g/mol. The maximum atomic E-state index is 12.7. The lowest BCUT2D eigenvalue weighted by Crippen LogP contribution is -2.51. The normalized spacial score (nSPS) is 13.0. The van der Waals surface area contributed by atoms with E-state index < -0.39 is 5.66 Å². The van der Waals surface area contributed by atoms with Crippen LogP contribution in [-0.2, 0) is 5.66 Å². The minimum atomic E-state index is -0.771. The van der Waals surface area contributed by atoms with Crippen LogP contribution >= 0.6 is 22.6 Å². The van der Waals surface area contributed by atoms with Gasteiger partial charge in [-0.3, -0.25) is 4.79 Å². The van der Waals surface area contributed by atoms with E-state index in [4.69, 9.17) is 4.74 Å². The van der Waals surface area contributed by atoms with Crippen LogP contribution in [0.2, 0.25) is 0 Å². The number of hydrogen-bond donors (Lipinski definition) is 1. The number of amides is 1. The van der Waals surface area contributed by atoms with Gasteiger partial charge in [-0.1, -0.05) is 18.2 Å². The van der Waals surface area contributed by atoms with E-state index >= 15 is 0 Å². The van der Waals surface area contributed by atoms with E-state index in [0.717, 1.165) is 9.32 Å². The Kier molecular flexibility index (Phi) is 5.37. The molecule has 0 aliphatic heterocycles. The summed E-state index contributed by atoms with van der Waals surface area (Å²) in [6, 6.07) is 17.0. The number of benzene rings is 2. The van der Waals surface area contributed by atoms with Gasteiger partial charge in [0.2, 0.25) is 0 Å². The van der Waals surface area contributed by atoms with E-state index in [-0.39, 0.29) is 12.5 Å². The van der Waals surface area contributed by atoms with Gasteiger partial charge in [0.1, 0.15) is 18.0 Å². The van der Waals surface area contributed by atoms with Crippen LogP contribution in [0.25, 0.3) is 0 Å². The zero-order chi connectivity index (χ0) is 17.7. The van der Waals surface area contributed by atoms with Crippen LogP contribution in [0.3, 0.4) is 0 Å². The molecule has 0 aliphatic rings. The zero-order valence-electron chi connectivity index (χ0n) is 13.7. The summed E-state index contributed by atoms with van der Waals surface area (Å²) in [5, 5.41) is 3.06. The number of nitrogens with one attached hydrogen (secondary N) is 1. The van der Waals surface area contributed by atoms with E-state index in [2.05, 4.69) is 32.9 Å². The Bertz CT molecular complexity index is 820. The molecule has 0 saturated heterocycles. The summed E-state index contributed by atoms with van der Waals surface area (Å²) in [5.41, 5.74) is -0.168. The predicted octanol–water partition coefficient (Wildman–Crippen LogP) is 3.67. The first-order valence-corrected chi connectivity index (χ1v) is 8.89. The van der Waals surface area contributed by atoms with Gasteiger partial charge in [-0.25, -0.2) is 4.98 Å². The second-order valence-corrected chi connectivity index (χ2v) is 7.05. The van der Waals surface area contributed by atoms with Crippen LogP contribution in [0.5, 0.6) is 5.75 Å². The predicted molar refractivity (Wildman–Crippen MR) is 104 cm³/mol. The number of halogens is 1. The van der Waals surface area contributed by atoms with Gasteiger partial charge in [-0.15, -0.1) is 0 Å². The van der Waals surface area contributed by atoms with Gasteiger partial charge in [-0.05, 0) is 65.9 Å². The molecule has 128 valence electrons. The minimum absolute atomic E-state index is 0.163. The highest BCUT2D eigenvalue weighted by Crippen LogP contribution is 2.18. The van der Waals surface area contributed by atoms with Gasteiger partial charge in [0.05, 0.1) is 6.33 Å². The van der Waals surface area contributed by atoms with Crippen LogP contribution in [-0.4, -0.2) is 22.1 Å². The Morgan fingerprint density at radius 3 is 2.56 bits per heavy atom. The summed E-state index contributed by atoms with van der Waals surface area (Å²) in [6.07, 6.45) is 5.16. The second-order valence-electron chi connectivity index (χ2n) is 5.81. The molecule has 3 rings (SSSR count). The molecule has 1 atom stereocenters. The summed E-state index contributed by atoms with van der Waals surface area (Å²) in [6.45, 7) is 2.17. The van der Waals surface area contributed by atoms with Crippen LogP contribution in [0.1, 0.15) is 17.3 Å². The molecule has 0 spiro atoms. The van der Waals surface area contributed by atoms with Crippen molar-refractivity contribution >= 4 is 28.5 Å². The highest BCUT2D eigenvalue weighted by Gasteiger charge is 2.29. The molecule has 25 heavy (non-hydrogen) atoms. The first kappa shape index (κ1) is 17.5. The number of imidazole rings is 1. The molecule has 0 aliphatic carbocycles. The highest BCUT2D eigenvalue weighted by molar-refractivity contribution is 14.1. The first-order valence-electron chi connectivity index (χ1n) is 7.81. The van der Waals surface area contributed by atoms with Crippen molar-refractivity contribution in [2.75, 3.05) is 6.61 Å². The third kappa shape index (κ3) is 4.39. The van der Waals surface area contributed by atoms with Crippen molar-refractivity contribution in [3.63, 3.8) is 0 Å². The molecular formula is C19H18IN3O2. The lowest BCUT2D eigenvalue weighted by atomic mass is 10.1. The quantitative estimate of drug-likeness (QED) is 0.587. The van der Waals surface area contributed by atoms with Crippen molar-refractivity contribution in [1.29, 1.82) is 0 Å². The SMILES string of the molecule is C[C@@](COc1ccccc1)(NC(=O)c1ccc(I)cc1)n1ccnc1. The minimum Gasteiger partial charge on any atom is -0.489 e. The lowest BCUT2D eigenvalue weighted by Gasteiger charge is -2.32. The average Bonchev–Trinajstić information content (AvgIpc) is 3.17. The van der Waals surface area contributed by atoms with Gasteiger partial charge in [0.15, 0.2) is 0 Å². The van der Waals surface area contributed by atoms with Crippen molar-refractivity contribution in [2.45, 2.75) is 12.6 Å². The molecular weight excluding hydrogens is 429 g/mol. The Balaban J connectivity index is 1.79. The standard InChI is InChI=1S/C19H18IN3O2/c1-19(23-12-11-21-14-23,13-25-17-5-3-2-4-6-17)22-18(24)15-7-9-16(20)10-8-15/h2-12,14H,13H2,1H3,(H,22,24)/t19-/m1/s1. The number of carbonyl (C=O) groups excluding carboxylic acids is 1. The van der Waals surface area contributed by atoms with E-state index in [1.807, 2.05) is 72.3 Å². The Hall–Kier alpha value is -2.35. The van der Waals surface area contributed by atoms with Crippen molar-refractivity contribution in [3.05, 3.63) is 82.5 Å². The van der Waals surface area contributed by atoms with Gasteiger partial charge in [0, 0.05) is 21.5 Å². The summed E-state index contributed by atoms with van der Waals surface area (Å²) >= 11 is 2.21. The molecule has 5 nitrogen and oxygen atoms in total. The number of ether oxygens (including phenoxy) is 1. The first-order chi connectivity index (χ1) is 12.1. The monoisotopic (exact) mass is 447 g/mol. The van der Waals surface area contributed by atoms with Crippen LogP contribution in [0, 0.1) is 3.57 Å². The Morgan fingerprint density at radius 2 is 1.92 bits per heavy atom. The number of nitrogens with zero attached hydrogens (tertiary/aromatic N) is 2. The number of carbonyl (C=O) groups is 1. The Labute approximate surface area is 160 Å². The molecule has 6 heteroatoms. The molecule has 1 aromatic heterocycles. The van der Waals surface area contributed by atoms with Gasteiger partial charge in [0.25, 0.3) is 5.91 Å². The molecule has 0 radical (unpaired) electrons. The summed E-state index contributed by atoms with van der Waals surface area (Å²) in [5.74, 6) is 0.585.